The molecule has 0 saturated heterocycles. The van der Waals surface area contributed by atoms with Gasteiger partial charge in [-0.2, -0.15) is 4.31 Å². The van der Waals surface area contributed by atoms with Crippen LogP contribution in [0.5, 0.6) is 0 Å². The highest BCUT2D eigenvalue weighted by Gasteiger charge is 2.24. The first-order chi connectivity index (χ1) is 7.31. The van der Waals surface area contributed by atoms with E-state index in [-0.39, 0.29) is 24.8 Å². The maximum absolute atomic E-state index is 11.9. The molecule has 0 amide bonds. The van der Waals surface area contributed by atoms with E-state index in [2.05, 4.69) is 0 Å². The Bertz CT molecular complexity index is 311. The van der Waals surface area contributed by atoms with Gasteiger partial charge in [-0.3, -0.25) is 4.79 Å². The molecule has 0 heterocycles. The molecule has 0 aromatic heterocycles. The summed E-state index contributed by atoms with van der Waals surface area (Å²) in [5.74, 6) is -0.877. The Hall–Kier alpha value is -0.620. The van der Waals surface area contributed by atoms with E-state index >= 15 is 0 Å². The Balaban J connectivity index is 4.57. The van der Waals surface area contributed by atoms with Crippen LogP contribution in [0.25, 0.3) is 0 Å². The second-order valence-electron chi connectivity index (χ2n) is 4.02. The predicted octanol–water partition coefficient (Wildman–Crippen LogP) is 1.30. The SMILES string of the molecule is CCCCS(=O)(=O)N(CCC(=O)O)C(C)C. The van der Waals surface area contributed by atoms with Crippen LogP contribution < -0.4 is 0 Å². The minimum atomic E-state index is -3.31. The number of rotatable bonds is 8. The van der Waals surface area contributed by atoms with E-state index in [0.717, 1.165) is 6.42 Å². The van der Waals surface area contributed by atoms with Crippen LogP contribution in [-0.2, 0) is 14.8 Å². The first-order valence-corrected chi connectivity index (χ1v) is 7.13. The molecule has 0 fully saturated rings. The number of carboxylic acids is 1. The smallest absolute Gasteiger partial charge is 0.304 e. The van der Waals surface area contributed by atoms with Gasteiger partial charge in [-0.05, 0) is 20.3 Å². The Morgan fingerprint density at radius 3 is 2.31 bits per heavy atom. The van der Waals surface area contributed by atoms with Crippen molar-refractivity contribution >= 4 is 16.0 Å². The maximum atomic E-state index is 11.9. The van der Waals surface area contributed by atoms with Gasteiger partial charge in [0.2, 0.25) is 10.0 Å². The summed E-state index contributed by atoms with van der Waals surface area (Å²) in [6, 6.07) is -0.193. The molecular formula is C10H21NO4S. The number of nitrogens with zero attached hydrogens (tertiary/aromatic N) is 1. The molecular weight excluding hydrogens is 230 g/mol. The van der Waals surface area contributed by atoms with Gasteiger partial charge < -0.3 is 5.11 Å². The van der Waals surface area contributed by atoms with Crippen LogP contribution in [-0.4, -0.2) is 42.1 Å². The summed E-state index contributed by atoms with van der Waals surface area (Å²) in [5, 5.41) is 8.56. The summed E-state index contributed by atoms with van der Waals surface area (Å²) in [6.45, 7) is 5.49. The van der Waals surface area contributed by atoms with Gasteiger partial charge in [0.15, 0.2) is 0 Å². The minimum absolute atomic E-state index is 0.0546. The highest BCUT2D eigenvalue weighted by atomic mass is 32.2. The Labute approximate surface area is 97.5 Å². The van der Waals surface area contributed by atoms with Crippen molar-refractivity contribution in [3.8, 4) is 0 Å². The van der Waals surface area contributed by atoms with Crippen molar-refractivity contribution < 1.29 is 18.3 Å². The van der Waals surface area contributed by atoms with Crippen molar-refractivity contribution in [2.75, 3.05) is 12.3 Å². The monoisotopic (exact) mass is 251 g/mol. The standard InChI is InChI=1S/C10H21NO4S/c1-4-5-8-16(14,15)11(9(2)3)7-6-10(12)13/h9H,4-8H2,1-3H3,(H,12,13). The number of sulfonamides is 1. The summed E-state index contributed by atoms with van der Waals surface area (Å²) in [5.41, 5.74) is 0. The lowest BCUT2D eigenvalue weighted by Crippen LogP contribution is -2.39. The van der Waals surface area contributed by atoms with Gasteiger partial charge in [-0.1, -0.05) is 13.3 Å². The van der Waals surface area contributed by atoms with Crippen LogP contribution in [0.4, 0.5) is 0 Å². The number of aliphatic carboxylic acids is 1. The summed E-state index contributed by atoms with van der Waals surface area (Å²) < 4.78 is 25.0. The number of carboxylic acid groups (broad SMARTS) is 1. The second kappa shape index (κ2) is 6.85. The molecule has 0 atom stereocenters. The van der Waals surface area contributed by atoms with E-state index in [9.17, 15) is 13.2 Å². The van der Waals surface area contributed by atoms with Crippen LogP contribution in [0, 0.1) is 0 Å². The first-order valence-electron chi connectivity index (χ1n) is 5.52. The molecule has 0 aliphatic heterocycles. The summed E-state index contributed by atoms with van der Waals surface area (Å²) in [4.78, 5) is 10.4. The summed E-state index contributed by atoms with van der Waals surface area (Å²) >= 11 is 0. The van der Waals surface area contributed by atoms with Crippen molar-refractivity contribution in [3.63, 3.8) is 0 Å². The van der Waals surface area contributed by atoms with Gasteiger partial charge in [0.25, 0.3) is 0 Å². The van der Waals surface area contributed by atoms with Crippen LogP contribution >= 0.6 is 0 Å². The molecule has 0 aromatic rings. The Morgan fingerprint density at radius 2 is 1.94 bits per heavy atom. The van der Waals surface area contributed by atoms with Crippen LogP contribution in [0.2, 0.25) is 0 Å². The second-order valence-corrected chi connectivity index (χ2v) is 6.06. The molecule has 16 heavy (non-hydrogen) atoms. The third-order valence-corrected chi connectivity index (χ3v) is 4.36. The molecule has 96 valence electrons. The molecule has 0 rings (SSSR count). The third-order valence-electron chi connectivity index (χ3n) is 2.24. The zero-order chi connectivity index (χ0) is 12.8. The van der Waals surface area contributed by atoms with Crippen molar-refractivity contribution in [3.05, 3.63) is 0 Å². The fourth-order valence-corrected chi connectivity index (χ4v) is 3.27. The molecule has 0 spiro atoms. The molecule has 0 saturated carbocycles. The number of unbranched alkanes of at least 4 members (excludes halogenated alkanes) is 1. The van der Waals surface area contributed by atoms with Crippen molar-refractivity contribution in [1.82, 2.24) is 4.31 Å². The Kier molecular flexibility index (Phi) is 6.59. The van der Waals surface area contributed by atoms with E-state index in [1.54, 1.807) is 13.8 Å². The molecule has 0 aliphatic rings. The highest BCUT2D eigenvalue weighted by molar-refractivity contribution is 7.89. The molecule has 0 unspecified atom stereocenters. The largest absolute Gasteiger partial charge is 0.481 e. The number of carbonyl (C=O) groups is 1. The van der Waals surface area contributed by atoms with E-state index < -0.39 is 16.0 Å². The topological polar surface area (TPSA) is 74.7 Å². The zero-order valence-corrected chi connectivity index (χ0v) is 11.0. The minimum Gasteiger partial charge on any atom is -0.481 e. The molecule has 0 aliphatic carbocycles. The lowest BCUT2D eigenvalue weighted by atomic mass is 10.3. The average Bonchev–Trinajstić information content (AvgIpc) is 2.13. The van der Waals surface area contributed by atoms with E-state index in [1.807, 2.05) is 6.92 Å². The number of hydrogen-bond acceptors (Lipinski definition) is 3. The first kappa shape index (κ1) is 15.4. The third kappa shape index (κ3) is 5.46. The van der Waals surface area contributed by atoms with Gasteiger partial charge in [0, 0.05) is 12.6 Å². The fourth-order valence-electron chi connectivity index (χ4n) is 1.37. The maximum Gasteiger partial charge on any atom is 0.304 e. The average molecular weight is 251 g/mol. The van der Waals surface area contributed by atoms with Crippen LogP contribution in [0.1, 0.15) is 40.0 Å². The van der Waals surface area contributed by atoms with Gasteiger partial charge >= 0.3 is 5.97 Å². The van der Waals surface area contributed by atoms with Gasteiger partial charge in [-0.15, -0.1) is 0 Å². The van der Waals surface area contributed by atoms with Crippen molar-refractivity contribution in [2.24, 2.45) is 0 Å². The lowest BCUT2D eigenvalue weighted by molar-refractivity contribution is -0.137. The molecule has 0 bridgehead atoms. The van der Waals surface area contributed by atoms with Crippen molar-refractivity contribution in [1.29, 1.82) is 0 Å². The van der Waals surface area contributed by atoms with Crippen molar-refractivity contribution in [2.45, 2.75) is 46.1 Å². The molecule has 0 radical (unpaired) electrons. The summed E-state index contributed by atoms with van der Waals surface area (Å²) in [7, 11) is -3.31. The van der Waals surface area contributed by atoms with E-state index in [1.165, 1.54) is 4.31 Å². The lowest BCUT2D eigenvalue weighted by Gasteiger charge is -2.25. The van der Waals surface area contributed by atoms with Gasteiger partial charge in [-0.25, -0.2) is 8.42 Å². The highest BCUT2D eigenvalue weighted by Crippen LogP contribution is 2.10. The van der Waals surface area contributed by atoms with Crippen LogP contribution in [0.15, 0.2) is 0 Å². The molecule has 0 aromatic carbocycles. The summed E-state index contributed by atoms with van der Waals surface area (Å²) in [6.07, 6.45) is 1.27. The Morgan fingerprint density at radius 1 is 1.38 bits per heavy atom. The predicted molar refractivity (Wildman–Crippen MR) is 62.8 cm³/mol. The number of hydrogen-bond donors (Lipinski definition) is 1. The van der Waals surface area contributed by atoms with Crippen LogP contribution in [0.3, 0.4) is 0 Å². The molecule has 1 N–H and O–H groups in total. The van der Waals surface area contributed by atoms with E-state index in [4.69, 9.17) is 5.11 Å². The molecule has 5 nitrogen and oxygen atoms in total. The molecule has 6 heteroatoms. The zero-order valence-electron chi connectivity index (χ0n) is 10.1. The van der Waals surface area contributed by atoms with Gasteiger partial charge in [0.1, 0.15) is 0 Å². The van der Waals surface area contributed by atoms with Gasteiger partial charge in [0.05, 0.1) is 12.2 Å². The fraction of sp³-hybridized carbons (Fsp3) is 0.900. The van der Waals surface area contributed by atoms with E-state index in [0.29, 0.717) is 6.42 Å². The quantitative estimate of drug-likeness (QED) is 0.705. The normalized spacial score (nSPS) is 12.3.